The Hall–Kier alpha value is -2.26. The van der Waals surface area contributed by atoms with Gasteiger partial charge in [-0.25, -0.2) is 9.59 Å². The van der Waals surface area contributed by atoms with Crippen molar-refractivity contribution in [3.05, 3.63) is 44.5 Å². The van der Waals surface area contributed by atoms with Crippen LogP contribution >= 0.6 is 27.3 Å². The Morgan fingerprint density at radius 2 is 1.83 bits per heavy atom. The largest absolute Gasteiger partial charge is 0.465 e. The lowest BCUT2D eigenvalue weighted by Crippen LogP contribution is -2.14. The number of carbonyl (C=O) groups is 3. The van der Waals surface area contributed by atoms with E-state index in [1.807, 2.05) is 0 Å². The van der Waals surface area contributed by atoms with Crippen LogP contribution in [0.3, 0.4) is 0 Å². The Labute approximate surface area is 150 Å². The molecule has 0 atom stereocenters. The SMILES string of the molecule is COC(=O)c1sc(NC(=O)c2cncc(Br)c2)c(C(=O)OC)c1C. The van der Waals surface area contributed by atoms with Gasteiger partial charge < -0.3 is 14.8 Å². The first kappa shape index (κ1) is 18.1. The van der Waals surface area contributed by atoms with Crippen molar-refractivity contribution in [2.24, 2.45) is 0 Å². The highest BCUT2D eigenvalue weighted by atomic mass is 79.9. The molecule has 9 heteroatoms. The number of hydrogen-bond donors (Lipinski definition) is 1. The molecule has 0 saturated heterocycles. The van der Waals surface area contributed by atoms with Crippen molar-refractivity contribution in [2.45, 2.75) is 6.92 Å². The van der Waals surface area contributed by atoms with Gasteiger partial charge >= 0.3 is 11.9 Å². The van der Waals surface area contributed by atoms with Crippen LogP contribution in [0.5, 0.6) is 0 Å². The molecule has 0 aliphatic rings. The van der Waals surface area contributed by atoms with E-state index in [2.05, 4.69) is 26.2 Å². The summed E-state index contributed by atoms with van der Waals surface area (Å²) < 4.78 is 10.1. The number of aromatic nitrogens is 1. The fourth-order valence-electron chi connectivity index (χ4n) is 1.95. The molecule has 1 N–H and O–H groups in total. The molecule has 2 heterocycles. The molecule has 7 nitrogen and oxygen atoms in total. The van der Waals surface area contributed by atoms with Crippen LogP contribution in [0, 0.1) is 6.92 Å². The van der Waals surface area contributed by atoms with Crippen LogP contribution in [0.25, 0.3) is 0 Å². The number of thiophene rings is 1. The highest BCUT2D eigenvalue weighted by molar-refractivity contribution is 9.10. The maximum Gasteiger partial charge on any atom is 0.348 e. The topological polar surface area (TPSA) is 94.6 Å². The van der Waals surface area contributed by atoms with E-state index in [4.69, 9.17) is 9.47 Å². The number of nitrogens with one attached hydrogen (secondary N) is 1. The van der Waals surface area contributed by atoms with Crippen LogP contribution in [0.1, 0.15) is 36.0 Å². The molecule has 0 aromatic carbocycles. The summed E-state index contributed by atoms with van der Waals surface area (Å²) in [6.07, 6.45) is 2.93. The summed E-state index contributed by atoms with van der Waals surface area (Å²) in [7, 11) is 2.46. The summed E-state index contributed by atoms with van der Waals surface area (Å²) in [4.78, 5) is 40.3. The van der Waals surface area contributed by atoms with Crippen LogP contribution < -0.4 is 5.32 Å². The lowest BCUT2D eigenvalue weighted by Gasteiger charge is -2.06. The first-order valence-electron chi connectivity index (χ1n) is 6.61. The fraction of sp³-hybridized carbons (Fsp3) is 0.200. The molecule has 0 radical (unpaired) electrons. The third-order valence-electron chi connectivity index (χ3n) is 3.10. The van der Waals surface area contributed by atoms with Crippen molar-refractivity contribution < 1.29 is 23.9 Å². The summed E-state index contributed by atoms with van der Waals surface area (Å²) in [5.41, 5.74) is 0.812. The van der Waals surface area contributed by atoms with E-state index in [1.54, 1.807) is 19.2 Å². The van der Waals surface area contributed by atoms with Gasteiger partial charge in [0.05, 0.1) is 25.3 Å². The molecule has 0 fully saturated rings. The van der Waals surface area contributed by atoms with E-state index in [0.717, 1.165) is 11.3 Å². The maximum absolute atomic E-state index is 12.4. The molecule has 0 unspecified atom stereocenters. The van der Waals surface area contributed by atoms with Crippen LogP contribution in [-0.4, -0.2) is 37.0 Å². The van der Waals surface area contributed by atoms with Crippen molar-refractivity contribution in [3.63, 3.8) is 0 Å². The number of methoxy groups -OCH3 is 2. The Balaban J connectivity index is 2.43. The fourth-order valence-corrected chi connectivity index (χ4v) is 3.42. The van der Waals surface area contributed by atoms with Crippen LogP contribution in [0.4, 0.5) is 5.00 Å². The minimum absolute atomic E-state index is 0.124. The van der Waals surface area contributed by atoms with Gasteiger partial charge in [-0.15, -0.1) is 11.3 Å². The van der Waals surface area contributed by atoms with Gasteiger partial charge in [0, 0.05) is 16.9 Å². The van der Waals surface area contributed by atoms with E-state index in [0.29, 0.717) is 15.6 Å². The number of ether oxygens (including phenoxy) is 2. The number of esters is 2. The molecule has 2 aromatic rings. The standard InChI is InChI=1S/C15H13BrN2O5S/c1-7-10(14(20)22-2)13(24-11(7)15(21)23-3)18-12(19)8-4-9(16)6-17-5-8/h4-6H,1-3H3,(H,18,19). The first-order chi connectivity index (χ1) is 11.4. The van der Waals surface area contributed by atoms with E-state index in [-0.39, 0.29) is 15.4 Å². The zero-order valence-corrected chi connectivity index (χ0v) is 15.4. The predicted molar refractivity (Wildman–Crippen MR) is 91.6 cm³/mol. The van der Waals surface area contributed by atoms with Crippen molar-refractivity contribution in [2.75, 3.05) is 19.5 Å². The molecule has 24 heavy (non-hydrogen) atoms. The van der Waals surface area contributed by atoms with E-state index < -0.39 is 17.8 Å². The summed E-state index contributed by atoms with van der Waals surface area (Å²) in [5, 5.41) is 2.83. The molecule has 0 saturated carbocycles. The normalized spacial score (nSPS) is 10.2. The number of halogens is 1. The summed E-state index contributed by atoms with van der Waals surface area (Å²) in [5.74, 6) is -1.71. The number of hydrogen-bond acceptors (Lipinski definition) is 7. The Kier molecular flexibility index (Phi) is 5.68. The average molecular weight is 413 g/mol. The molecule has 2 aromatic heterocycles. The average Bonchev–Trinajstić information content (AvgIpc) is 2.89. The molecular weight excluding hydrogens is 400 g/mol. The summed E-state index contributed by atoms with van der Waals surface area (Å²) in [6, 6.07) is 1.59. The highest BCUT2D eigenvalue weighted by Gasteiger charge is 2.27. The van der Waals surface area contributed by atoms with E-state index in [1.165, 1.54) is 20.4 Å². The monoisotopic (exact) mass is 412 g/mol. The summed E-state index contributed by atoms with van der Waals surface area (Å²) in [6.45, 7) is 1.59. The Morgan fingerprint density at radius 3 is 2.42 bits per heavy atom. The third kappa shape index (κ3) is 3.62. The Bertz CT molecular complexity index is 818. The second kappa shape index (κ2) is 7.54. The number of anilines is 1. The third-order valence-corrected chi connectivity index (χ3v) is 4.72. The first-order valence-corrected chi connectivity index (χ1v) is 8.21. The number of pyridine rings is 1. The van der Waals surface area contributed by atoms with Crippen LogP contribution in [-0.2, 0) is 9.47 Å². The minimum Gasteiger partial charge on any atom is -0.465 e. The lowest BCUT2D eigenvalue weighted by atomic mass is 10.1. The van der Waals surface area contributed by atoms with E-state index >= 15 is 0 Å². The van der Waals surface area contributed by atoms with Crippen LogP contribution in [0.2, 0.25) is 0 Å². The molecule has 0 bridgehead atoms. The molecule has 2 rings (SSSR count). The quantitative estimate of drug-likeness (QED) is 0.775. The second-order valence-corrected chi connectivity index (χ2v) is 6.53. The molecular formula is C15H13BrN2O5S. The molecule has 1 amide bonds. The molecule has 0 aliphatic heterocycles. The number of nitrogens with zero attached hydrogens (tertiary/aromatic N) is 1. The minimum atomic E-state index is -0.651. The zero-order chi connectivity index (χ0) is 17.9. The maximum atomic E-state index is 12.4. The molecule has 0 aliphatic carbocycles. The van der Waals surface area contributed by atoms with Gasteiger partial charge in [-0.05, 0) is 34.5 Å². The van der Waals surface area contributed by atoms with Crippen molar-refractivity contribution in [1.82, 2.24) is 4.98 Å². The number of carbonyl (C=O) groups excluding carboxylic acids is 3. The van der Waals surface area contributed by atoms with Gasteiger partial charge in [0.2, 0.25) is 0 Å². The Morgan fingerprint density at radius 1 is 1.17 bits per heavy atom. The van der Waals surface area contributed by atoms with Crippen molar-refractivity contribution in [3.8, 4) is 0 Å². The molecule has 0 spiro atoms. The number of rotatable bonds is 4. The highest BCUT2D eigenvalue weighted by Crippen LogP contribution is 2.34. The lowest BCUT2D eigenvalue weighted by molar-refractivity contribution is 0.0601. The molecule has 126 valence electrons. The smallest absolute Gasteiger partial charge is 0.348 e. The van der Waals surface area contributed by atoms with Crippen molar-refractivity contribution in [1.29, 1.82) is 0 Å². The van der Waals surface area contributed by atoms with Gasteiger partial charge in [-0.2, -0.15) is 0 Å². The predicted octanol–water partition coefficient (Wildman–Crippen LogP) is 3.04. The van der Waals surface area contributed by atoms with Gasteiger partial charge in [0.15, 0.2) is 0 Å². The van der Waals surface area contributed by atoms with Crippen molar-refractivity contribution >= 4 is 50.1 Å². The second-order valence-electron chi connectivity index (χ2n) is 4.59. The van der Waals surface area contributed by atoms with Crippen LogP contribution in [0.15, 0.2) is 22.9 Å². The zero-order valence-electron chi connectivity index (χ0n) is 13.0. The van der Waals surface area contributed by atoms with Gasteiger partial charge in [-0.3, -0.25) is 9.78 Å². The van der Waals surface area contributed by atoms with Gasteiger partial charge in [0.1, 0.15) is 9.88 Å². The summed E-state index contributed by atoms with van der Waals surface area (Å²) >= 11 is 4.18. The number of amides is 1. The van der Waals surface area contributed by atoms with Gasteiger partial charge in [-0.1, -0.05) is 0 Å². The van der Waals surface area contributed by atoms with E-state index in [9.17, 15) is 14.4 Å². The van der Waals surface area contributed by atoms with Gasteiger partial charge in [0.25, 0.3) is 5.91 Å².